The highest BCUT2D eigenvalue weighted by Gasteiger charge is 2.19. The van der Waals surface area contributed by atoms with E-state index in [1.54, 1.807) is 0 Å². The lowest BCUT2D eigenvalue weighted by atomic mass is 10.00. The number of hydrogen-bond acceptors (Lipinski definition) is 2. The third-order valence-electron chi connectivity index (χ3n) is 3.89. The van der Waals surface area contributed by atoms with E-state index in [4.69, 9.17) is 4.74 Å². The van der Waals surface area contributed by atoms with Crippen molar-refractivity contribution in [3.8, 4) is 0 Å². The molecule has 17 heavy (non-hydrogen) atoms. The van der Waals surface area contributed by atoms with Crippen LogP contribution >= 0.6 is 0 Å². The smallest absolute Gasteiger partial charge is 0.0590 e. The molecular formula is C15H31NO. The summed E-state index contributed by atoms with van der Waals surface area (Å²) in [6, 6.07) is 0.671. The normalized spacial score (nSPS) is 21.9. The largest absolute Gasteiger partial charge is 0.378 e. The number of ether oxygens (including phenoxy) is 1. The topological polar surface area (TPSA) is 21.3 Å². The maximum absolute atomic E-state index is 5.70. The van der Waals surface area contributed by atoms with Gasteiger partial charge in [-0.3, -0.25) is 0 Å². The Morgan fingerprint density at radius 2 is 1.94 bits per heavy atom. The summed E-state index contributed by atoms with van der Waals surface area (Å²) in [5.74, 6) is 0. The van der Waals surface area contributed by atoms with Crippen molar-refractivity contribution >= 4 is 0 Å². The Balaban J connectivity index is 1.97. The van der Waals surface area contributed by atoms with Crippen molar-refractivity contribution in [3.63, 3.8) is 0 Å². The van der Waals surface area contributed by atoms with Crippen LogP contribution in [0, 0.1) is 0 Å². The van der Waals surface area contributed by atoms with Gasteiger partial charge in [0, 0.05) is 12.6 Å². The molecule has 1 N–H and O–H groups in total. The van der Waals surface area contributed by atoms with Gasteiger partial charge < -0.3 is 10.1 Å². The van der Waals surface area contributed by atoms with Crippen molar-refractivity contribution in [2.75, 3.05) is 13.7 Å². The Kier molecular flexibility index (Phi) is 8.72. The average Bonchev–Trinajstić information content (AvgIpc) is 2.85. The second kappa shape index (κ2) is 9.90. The van der Waals surface area contributed by atoms with Crippen molar-refractivity contribution in [1.82, 2.24) is 5.32 Å². The summed E-state index contributed by atoms with van der Waals surface area (Å²) in [7, 11) is 2.09. The fourth-order valence-corrected chi connectivity index (χ4v) is 2.70. The SMILES string of the molecule is CCCCCCCCC(CC1CCCO1)NC. The third kappa shape index (κ3) is 7.05. The molecule has 1 fully saturated rings. The van der Waals surface area contributed by atoms with Gasteiger partial charge in [-0.05, 0) is 32.7 Å². The molecule has 2 nitrogen and oxygen atoms in total. The first-order chi connectivity index (χ1) is 8.36. The summed E-state index contributed by atoms with van der Waals surface area (Å²) in [5.41, 5.74) is 0. The van der Waals surface area contributed by atoms with Gasteiger partial charge >= 0.3 is 0 Å². The summed E-state index contributed by atoms with van der Waals surface area (Å²) in [6.07, 6.45) is 14.0. The average molecular weight is 241 g/mol. The van der Waals surface area contributed by atoms with Crippen molar-refractivity contribution in [2.45, 2.75) is 83.3 Å². The van der Waals surface area contributed by atoms with Gasteiger partial charge in [-0.2, -0.15) is 0 Å². The van der Waals surface area contributed by atoms with Crippen molar-refractivity contribution in [2.24, 2.45) is 0 Å². The monoisotopic (exact) mass is 241 g/mol. The molecule has 0 aromatic rings. The molecule has 0 radical (unpaired) electrons. The van der Waals surface area contributed by atoms with Crippen LogP contribution in [0.4, 0.5) is 0 Å². The lowest BCUT2D eigenvalue weighted by molar-refractivity contribution is 0.0941. The summed E-state index contributed by atoms with van der Waals surface area (Å²) in [4.78, 5) is 0. The Hall–Kier alpha value is -0.0800. The number of unbranched alkanes of at least 4 members (excludes halogenated alkanes) is 5. The Bertz CT molecular complexity index is 166. The molecule has 1 aliphatic rings. The quantitative estimate of drug-likeness (QED) is 0.586. The maximum Gasteiger partial charge on any atom is 0.0590 e. The van der Waals surface area contributed by atoms with Gasteiger partial charge in [-0.1, -0.05) is 45.4 Å². The first-order valence-corrected chi connectivity index (χ1v) is 7.65. The van der Waals surface area contributed by atoms with Crippen molar-refractivity contribution in [3.05, 3.63) is 0 Å². The van der Waals surface area contributed by atoms with Crippen LogP contribution < -0.4 is 5.32 Å². The van der Waals surface area contributed by atoms with E-state index < -0.39 is 0 Å². The Labute approximate surface area is 108 Å². The summed E-state index contributed by atoms with van der Waals surface area (Å²) < 4.78 is 5.70. The maximum atomic E-state index is 5.70. The molecule has 0 spiro atoms. The molecule has 102 valence electrons. The van der Waals surface area contributed by atoms with Crippen molar-refractivity contribution < 1.29 is 4.74 Å². The molecule has 1 aliphatic heterocycles. The molecule has 0 aliphatic carbocycles. The van der Waals surface area contributed by atoms with E-state index in [-0.39, 0.29) is 0 Å². The molecule has 0 saturated carbocycles. The van der Waals surface area contributed by atoms with Gasteiger partial charge in [0.2, 0.25) is 0 Å². The van der Waals surface area contributed by atoms with Crippen LogP contribution in [0.1, 0.15) is 71.1 Å². The molecule has 0 aromatic carbocycles. The van der Waals surface area contributed by atoms with Gasteiger partial charge in [0.1, 0.15) is 0 Å². The number of hydrogen-bond donors (Lipinski definition) is 1. The Morgan fingerprint density at radius 3 is 2.59 bits per heavy atom. The summed E-state index contributed by atoms with van der Waals surface area (Å²) >= 11 is 0. The first-order valence-electron chi connectivity index (χ1n) is 7.65. The van der Waals surface area contributed by atoms with Crippen molar-refractivity contribution in [1.29, 1.82) is 0 Å². The highest BCUT2D eigenvalue weighted by molar-refractivity contribution is 4.74. The zero-order valence-corrected chi connectivity index (χ0v) is 11.8. The number of nitrogens with one attached hydrogen (secondary N) is 1. The van der Waals surface area contributed by atoms with Crippen LogP contribution in [0.25, 0.3) is 0 Å². The van der Waals surface area contributed by atoms with Gasteiger partial charge in [0.25, 0.3) is 0 Å². The van der Waals surface area contributed by atoms with Crippen LogP contribution in [0.5, 0.6) is 0 Å². The minimum Gasteiger partial charge on any atom is -0.378 e. The highest BCUT2D eigenvalue weighted by Crippen LogP contribution is 2.19. The first kappa shape index (κ1) is 15.0. The predicted octanol–water partition coefficient (Wildman–Crippen LogP) is 3.89. The van der Waals surface area contributed by atoms with Gasteiger partial charge in [-0.15, -0.1) is 0 Å². The molecule has 2 heteroatoms. The van der Waals surface area contributed by atoms with Gasteiger partial charge in [-0.25, -0.2) is 0 Å². The van der Waals surface area contributed by atoms with E-state index in [2.05, 4.69) is 19.3 Å². The molecule has 1 rings (SSSR count). The highest BCUT2D eigenvalue weighted by atomic mass is 16.5. The molecular weight excluding hydrogens is 210 g/mol. The van der Waals surface area contributed by atoms with Crippen LogP contribution in [-0.4, -0.2) is 25.8 Å². The molecule has 0 bridgehead atoms. The van der Waals surface area contributed by atoms with Crippen LogP contribution in [0.2, 0.25) is 0 Å². The summed E-state index contributed by atoms with van der Waals surface area (Å²) in [5, 5.41) is 3.45. The van der Waals surface area contributed by atoms with Crippen LogP contribution in [-0.2, 0) is 4.74 Å². The molecule has 2 unspecified atom stereocenters. The molecule has 1 saturated heterocycles. The predicted molar refractivity (Wildman–Crippen MR) is 74.4 cm³/mol. The lowest BCUT2D eigenvalue weighted by Gasteiger charge is -2.19. The number of rotatable bonds is 10. The minimum absolute atomic E-state index is 0.535. The molecule has 0 amide bonds. The van der Waals surface area contributed by atoms with E-state index in [1.807, 2.05) is 0 Å². The molecule has 0 aromatic heterocycles. The second-order valence-corrected chi connectivity index (χ2v) is 5.41. The van der Waals surface area contributed by atoms with Crippen LogP contribution in [0.3, 0.4) is 0 Å². The zero-order valence-electron chi connectivity index (χ0n) is 11.8. The zero-order chi connectivity index (χ0) is 12.3. The van der Waals surface area contributed by atoms with Gasteiger partial charge in [0.05, 0.1) is 6.10 Å². The lowest BCUT2D eigenvalue weighted by Crippen LogP contribution is -2.29. The molecule has 2 atom stereocenters. The standard InChI is InChI=1S/C15H31NO/c1-3-4-5-6-7-8-10-14(16-2)13-15-11-9-12-17-15/h14-16H,3-13H2,1-2H3. The van der Waals surface area contributed by atoms with E-state index in [9.17, 15) is 0 Å². The second-order valence-electron chi connectivity index (χ2n) is 5.41. The van der Waals surface area contributed by atoms with E-state index >= 15 is 0 Å². The van der Waals surface area contributed by atoms with Crippen LogP contribution in [0.15, 0.2) is 0 Å². The fourth-order valence-electron chi connectivity index (χ4n) is 2.70. The van der Waals surface area contributed by atoms with E-state index in [1.165, 1.54) is 64.2 Å². The summed E-state index contributed by atoms with van der Waals surface area (Å²) in [6.45, 7) is 3.26. The van der Waals surface area contributed by atoms with Gasteiger partial charge in [0.15, 0.2) is 0 Å². The third-order valence-corrected chi connectivity index (χ3v) is 3.89. The minimum atomic E-state index is 0.535. The van der Waals surface area contributed by atoms with E-state index in [0.29, 0.717) is 12.1 Å². The fraction of sp³-hybridized carbons (Fsp3) is 1.00. The van der Waals surface area contributed by atoms with E-state index in [0.717, 1.165) is 6.61 Å². The Morgan fingerprint density at radius 1 is 1.18 bits per heavy atom. The molecule has 1 heterocycles.